The Balaban J connectivity index is 1.91. The van der Waals surface area contributed by atoms with Gasteiger partial charge in [0.15, 0.2) is 0 Å². The maximum absolute atomic E-state index is 4.27. The molecule has 4 heteroatoms. The van der Waals surface area contributed by atoms with Crippen molar-refractivity contribution in [3.8, 4) is 0 Å². The van der Waals surface area contributed by atoms with E-state index in [-0.39, 0.29) is 0 Å². The van der Waals surface area contributed by atoms with Crippen molar-refractivity contribution in [3.63, 3.8) is 0 Å². The third-order valence-corrected chi connectivity index (χ3v) is 3.17. The van der Waals surface area contributed by atoms with Crippen LogP contribution in [0, 0.1) is 0 Å². The Labute approximate surface area is 97.7 Å². The molecule has 0 aromatic carbocycles. The van der Waals surface area contributed by atoms with Crippen LogP contribution in [0.3, 0.4) is 0 Å². The molecule has 1 aliphatic heterocycles. The number of rotatable bonds is 5. The predicted octanol–water partition coefficient (Wildman–Crippen LogP) is 1.26. The van der Waals surface area contributed by atoms with Gasteiger partial charge < -0.3 is 14.8 Å². The topological polar surface area (TPSA) is 33.1 Å². The second kappa shape index (κ2) is 5.46. The van der Waals surface area contributed by atoms with Gasteiger partial charge in [0.1, 0.15) is 0 Å². The molecule has 0 spiro atoms. The quantitative estimate of drug-likeness (QED) is 0.814. The molecule has 16 heavy (non-hydrogen) atoms. The van der Waals surface area contributed by atoms with Crippen LogP contribution in [-0.4, -0.2) is 41.6 Å². The third kappa shape index (κ3) is 2.83. The zero-order valence-corrected chi connectivity index (χ0v) is 10.3. The first kappa shape index (κ1) is 11.6. The lowest BCUT2D eigenvalue weighted by Crippen LogP contribution is -2.19. The van der Waals surface area contributed by atoms with Gasteiger partial charge in [-0.1, -0.05) is 0 Å². The Kier molecular flexibility index (Phi) is 3.96. The molecule has 1 fully saturated rings. The summed E-state index contributed by atoms with van der Waals surface area (Å²) in [4.78, 5) is 6.50. The van der Waals surface area contributed by atoms with Crippen LogP contribution in [0.1, 0.15) is 31.0 Å². The first-order valence-corrected chi connectivity index (χ1v) is 6.15. The van der Waals surface area contributed by atoms with Crippen LogP contribution in [0.5, 0.6) is 0 Å². The molecule has 90 valence electrons. The van der Waals surface area contributed by atoms with E-state index in [1.54, 1.807) is 0 Å². The van der Waals surface area contributed by atoms with Crippen molar-refractivity contribution in [3.05, 3.63) is 18.2 Å². The summed E-state index contributed by atoms with van der Waals surface area (Å²) in [5, 5.41) is 3.53. The van der Waals surface area contributed by atoms with Crippen LogP contribution in [-0.2, 0) is 6.54 Å². The number of nitrogens with zero attached hydrogens (tertiary/aromatic N) is 3. The molecule has 1 aromatic rings. The van der Waals surface area contributed by atoms with Gasteiger partial charge in [0.2, 0.25) is 0 Å². The molecular weight excluding hydrogens is 200 g/mol. The van der Waals surface area contributed by atoms with E-state index in [1.165, 1.54) is 25.0 Å². The van der Waals surface area contributed by atoms with Gasteiger partial charge in [-0.05, 0) is 46.4 Å². The number of hydrogen-bond acceptors (Lipinski definition) is 3. The molecule has 0 saturated carbocycles. The van der Waals surface area contributed by atoms with Gasteiger partial charge in [0, 0.05) is 18.8 Å². The lowest BCUT2D eigenvalue weighted by atomic mass is 10.2. The van der Waals surface area contributed by atoms with Crippen molar-refractivity contribution >= 4 is 0 Å². The fourth-order valence-corrected chi connectivity index (χ4v) is 2.30. The Morgan fingerprint density at radius 1 is 1.56 bits per heavy atom. The first-order chi connectivity index (χ1) is 7.77. The smallest absolute Gasteiger partial charge is 0.0948 e. The van der Waals surface area contributed by atoms with Gasteiger partial charge >= 0.3 is 0 Å². The molecule has 1 saturated heterocycles. The fraction of sp³-hybridized carbons (Fsp3) is 0.750. The molecule has 1 N–H and O–H groups in total. The molecule has 2 rings (SSSR count). The molecule has 0 amide bonds. The lowest BCUT2D eigenvalue weighted by molar-refractivity contribution is 0.383. The van der Waals surface area contributed by atoms with Gasteiger partial charge in [-0.15, -0.1) is 0 Å². The largest absolute Gasteiger partial charge is 0.333 e. The molecule has 2 heterocycles. The van der Waals surface area contributed by atoms with E-state index >= 15 is 0 Å². The zero-order valence-electron chi connectivity index (χ0n) is 10.3. The highest BCUT2D eigenvalue weighted by molar-refractivity contribution is 5.07. The van der Waals surface area contributed by atoms with E-state index in [1.807, 2.05) is 12.5 Å². The number of aromatic nitrogens is 2. The van der Waals surface area contributed by atoms with Crippen molar-refractivity contribution in [2.45, 2.75) is 31.8 Å². The minimum atomic E-state index is 0.529. The molecule has 1 unspecified atom stereocenters. The number of aryl methyl sites for hydroxylation is 1. The number of hydrogen-bond donors (Lipinski definition) is 1. The van der Waals surface area contributed by atoms with E-state index < -0.39 is 0 Å². The molecule has 4 nitrogen and oxygen atoms in total. The Hall–Kier alpha value is -0.870. The van der Waals surface area contributed by atoms with Crippen molar-refractivity contribution in [1.29, 1.82) is 0 Å². The van der Waals surface area contributed by atoms with E-state index in [0.29, 0.717) is 6.04 Å². The zero-order chi connectivity index (χ0) is 11.4. The number of imidazole rings is 1. The monoisotopic (exact) mass is 222 g/mol. The molecule has 0 aliphatic carbocycles. The van der Waals surface area contributed by atoms with Crippen LogP contribution >= 0.6 is 0 Å². The fourth-order valence-electron chi connectivity index (χ4n) is 2.30. The molecule has 1 aromatic heterocycles. The minimum Gasteiger partial charge on any atom is -0.333 e. The van der Waals surface area contributed by atoms with Crippen molar-refractivity contribution in [2.24, 2.45) is 0 Å². The van der Waals surface area contributed by atoms with Crippen molar-refractivity contribution < 1.29 is 0 Å². The van der Waals surface area contributed by atoms with Crippen LogP contribution in [0.15, 0.2) is 12.5 Å². The summed E-state index contributed by atoms with van der Waals surface area (Å²) in [6, 6.07) is 0.529. The second-order valence-electron chi connectivity index (χ2n) is 4.82. The van der Waals surface area contributed by atoms with E-state index in [9.17, 15) is 0 Å². The predicted molar refractivity (Wildman–Crippen MR) is 65.4 cm³/mol. The van der Waals surface area contributed by atoms with Gasteiger partial charge in [-0.25, -0.2) is 4.98 Å². The molecule has 0 bridgehead atoms. The third-order valence-electron chi connectivity index (χ3n) is 3.17. The Morgan fingerprint density at radius 3 is 3.12 bits per heavy atom. The SMILES string of the molecule is CN(C)CCCn1cncc1C1CCCN1. The van der Waals surface area contributed by atoms with Crippen LogP contribution in [0.25, 0.3) is 0 Å². The Bertz CT molecular complexity index is 313. The molecular formula is C12H22N4. The summed E-state index contributed by atoms with van der Waals surface area (Å²) in [6.45, 7) is 3.36. The van der Waals surface area contributed by atoms with E-state index in [2.05, 4.69) is 33.9 Å². The van der Waals surface area contributed by atoms with E-state index in [0.717, 1.165) is 19.6 Å². The standard InChI is InChI=1S/C12H22N4/c1-15(2)7-4-8-16-10-13-9-12(16)11-5-3-6-14-11/h9-11,14H,3-8H2,1-2H3. The summed E-state index contributed by atoms with van der Waals surface area (Å²) < 4.78 is 2.30. The lowest BCUT2D eigenvalue weighted by Gasteiger charge is -2.15. The average Bonchev–Trinajstić information content (AvgIpc) is 2.84. The van der Waals surface area contributed by atoms with Crippen molar-refractivity contribution in [2.75, 3.05) is 27.2 Å². The summed E-state index contributed by atoms with van der Waals surface area (Å²) >= 11 is 0. The van der Waals surface area contributed by atoms with Gasteiger partial charge in [-0.3, -0.25) is 0 Å². The van der Waals surface area contributed by atoms with Crippen LogP contribution < -0.4 is 5.32 Å². The van der Waals surface area contributed by atoms with Crippen molar-refractivity contribution in [1.82, 2.24) is 19.8 Å². The first-order valence-electron chi connectivity index (χ1n) is 6.15. The average molecular weight is 222 g/mol. The second-order valence-corrected chi connectivity index (χ2v) is 4.82. The maximum Gasteiger partial charge on any atom is 0.0948 e. The van der Waals surface area contributed by atoms with Crippen LogP contribution in [0.2, 0.25) is 0 Å². The number of nitrogens with one attached hydrogen (secondary N) is 1. The van der Waals surface area contributed by atoms with Gasteiger partial charge in [-0.2, -0.15) is 0 Å². The summed E-state index contributed by atoms with van der Waals surface area (Å²) in [5.41, 5.74) is 1.36. The normalized spacial score (nSPS) is 20.8. The highest BCUT2D eigenvalue weighted by Gasteiger charge is 2.19. The highest BCUT2D eigenvalue weighted by Crippen LogP contribution is 2.22. The Morgan fingerprint density at radius 2 is 2.44 bits per heavy atom. The van der Waals surface area contributed by atoms with Gasteiger partial charge in [0.05, 0.1) is 12.0 Å². The molecule has 0 radical (unpaired) electrons. The molecule has 1 atom stereocenters. The maximum atomic E-state index is 4.27. The molecule has 1 aliphatic rings. The minimum absolute atomic E-state index is 0.529. The van der Waals surface area contributed by atoms with E-state index in [4.69, 9.17) is 0 Å². The summed E-state index contributed by atoms with van der Waals surface area (Å²) in [5.74, 6) is 0. The van der Waals surface area contributed by atoms with Gasteiger partial charge in [0.25, 0.3) is 0 Å². The summed E-state index contributed by atoms with van der Waals surface area (Å²) in [7, 11) is 4.24. The summed E-state index contributed by atoms with van der Waals surface area (Å²) in [6.07, 6.45) is 7.69. The highest BCUT2D eigenvalue weighted by atomic mass is 15.1. The van der Waals surface area contributed by atoms with Crippen LogP contribution in [0.4, 0.5) is 0 Å².